The minimum atomic E-state index is 0.492. The number of nitriles is 1. The number of likely N-dealkylation sites (tertiary alicyclic amines) is 1. The summed E-state index contributed by atoms with van der Waals surface area (Å²) in [6.45, 7) is 3.65. The Morgan fingerprint density at radius 1 is 1.47 bits per heavy atom. The molecule has 0 aromatic carbocycles. The van der Waals surface area contributed by atoms with Crippen LogP contribution in [0.1, 0.15) is 19.8 Å². The molecule has 0 aromatic heterocycles. The average molecular weight is 276 g/mol. The van der Waals surface area contributed by atoms with Gasteiger partial charge in [0.2, 0.25) is 11.8 Å². The highest BCUT2D eigenvalue weighted by atomic mass is 32.1. The van der Waals surface area contributed by atoms with Crippen LogP contribution in [0.5, 0.6) is 0 Å². The molecule has 1 saturated heterocycles. The maximum atomic E-state index is 9.20. The highest BCUT2D eigenvalue weighted by molar-refractivity contribution is 7.80. The summed E-state index contributed by atoms with van der Waals surface area (Å²) >= 11 is 5.35. The van der Waals surface area contributed by atoms with Gasteiger partial charge in [-0.25, -0.2) is 5.01 Å². The number of hydrazone groups is 1. The second-order valence-electron chi connectivity index (χ2n) is 4.44. The van der Waals surface area contributed by atoms with Crippen molar-refractivity contribution < 1.29 is 4.74 Å². The largest absolute Gasteiger partial charge is 0.424 e. The van der Waals surface area contributed by atoms with Crippen molar-refractivity contribution >= 4 is 23.1 Å². The summed E-state index contributed by atoms with van der Waals surface area (Å²) in [5.74, 6) is 1.18. The summed E-state index contributed by atoms with van der Waals surface area (Å²) in [4.78, 5) is 2.69. The fourth-order valence-electron chi connectivity index (χ4n) is 2.04. The first kappa shape index (κ1) is 13.6. The molecule has 2 aliphatic rings. The number of allylic oxidation sites excluding steroid dienone is 2. The van der Waals surface area contributed by atoms with Crippen molar-refractivity contribution in [1.82, 2.24) is 9.91 Å². The Morgan fingerprint density at radius 3 is 2.68 bits per heavy atom. The lowest BCUT2D eigenvalue weighted by Crippen LogP contribution is -2.27. The molecule has 2 rings (SSSR count). The van der Waals surface area contributed by atoms with Crippen LogP contribution >= 0.6 is 12.2 Å². The van der Waals surface area contributed by atoms with Gasteiger partial charge in [0.25, 0.3) is 0 Å². The molecule has 0 spiro atoms. The Morgan fingerprint density at radius 2 is 2.16 bits per heavy atom. The molecular formula is C13H16N4OS. The van der Waals surface area contributed by atoms with E-state index in [0.29, 0.717) is 22.3 Å². The maximum Gasteiger partial charge on any atom is 0.217 e. The molecule has 1 fully saturated rings. The Labute approximate surface area is 118 Å². The smallest absolute Gasteiger partial charge is 0.217 e. The molecule has 0 aromatic rings. The molecule has 100 valence electrons. The fourth-order valence-corrected chi connectivity index (χ4v) is 2.34. The third-order valence-corrected chi connectivity index (χ3v) is 3.48. The summed E-state index contributed by atoms with van der Waals surface area (Å²) in [6.07, 6.45) is 5.69. The molecule has 0 unspecified atom stereocenters. The summed E-state index contributed by atoms with van der Waals surface area (Å²) in [6, 6.07) is 2.15. The van der Waals surface area contributed by atoms with Crippen molar-refractivity contribution in [2.75, 3.05) is 20.1 Å². The second-order valence-corrected chi connectivity index (χ2v) is 4.83. The summed E-state index contributed by atoms with van der Waals surface area (Å²) in [5, 5.41) is 14.9. The van der Waals surface area contributed by atoms with E-state index in [9.17, 15) is 5.26 Å². The van der Waals surface area contributed by atoms with E-state index < -0.39 is 0 Å². The first-order valence-corrected chi connectivity index (χ1v) is 6.61. The number of hydrogen-bond donors (Lipinski definition) is 0. The predicted molar refractivity (Wildman–Crippen MR) is 77.1 cm³/mol. The zero-order chi connectivity index (χ0) is 13.8. The van der Waals surface area contributed by atoms with E-state index in [1.165, 1.54) is 0 Å². The van der Waals surface area contributed by atoms with Crippen molar-refractivity contribution in [3.63, 3.8) is 0 Å². The average Bonchev–Trinajstić information content (AvgIpc) is 3.00. The Balaban J connectivity index is 2.10. The SMILES string of the molecule is CC1=NN(C)/C(=C/C=C(/C#N)C(=S)N2CCCC2)O1. The molecule has 0 atom stereocenters. The van der Waals surface area contributed by atoms with Gasteiger partial charge in [-0.2, -0.15) is 5.26 Å². The van der Waals surface area contributed by atoms with Gasteiger partial charge in [0.05, 0.1) is 5.57 Å². The second kappa shape index (κ2) is 5.85. The monoisotopic (exact) mass is 276 g/mol. The summed E-state index contributed by atoms with van der Waals surface area (Å²) < 4.78 is 5.40. The molecule has 0 saturated carbocycles. The van der Waals surface area contributed by atoms with Gasteiger partial charge < -0.3 is 9.64 Å². The van der Waals surface area contributed by atoms with Gasteiger partial charge in [-0.15, -0.1) is 5.10 Å². The van der Waals surface area contributed by atoms with Crippen molar-refractivity contribution in [2.24, 2.45) is 5.10 Å². The van der Waals surface area contributed by atoms with Crippen LogP contribution in [0.25, 0.3) is 0 Å². The van der Waals surface area contributed by atoms with Crippen LogP contribution in [0.2, 0.25) is 0 Å². The molecule has 19 heavy (non-hydrogen) atoms. The van der Waals surface area contributed by atoms with Crippen LogP contribution in [0.4, 0.5) is 0 Å². The Kier molecular flexibility index (Phi) is 4.17. The van der Waals surface area contributed by atoms with E-state index in [0.717, 1.165) is 25.9 Å². The van der Waals surface area contributed by atoms with Crippen LogP contribution in [0.3, 0.4) is 0 Å². The van der Waals surface area contributed by atoms with E-state index in [1.54, 1.807) is 31.1 Å². The number of nitrogens with zero attached hydrogens (tertiary/aromatic N) is 4. The van der Waals surface area contributed by atoms with E-state index >= 15 is 0 Å². The number of hydrogen-bond acceptors (Lipinski definition) is 5. The highest BCUT2D eigenvalue weighted by Crippen LogP contribution is 2.16. The fraction of sp³-hybridized carbons (Fsp3) is 0.462. The zero-order valence-electron chi connectivity index (χ0n) is 11.1. The van der Waals surface area contributed by atoms with Gasteiger partial charge in [0, 0.05) is 33.1 Å². The minimum absolute atomic E-state index is 0.492. The summed E-state index contributed by atoms with van der Waals surface area (Å²) in [5.41, 5.74) is 0.492. The normalized spacial score (nSPS) is 21.4. The van der Waals surface area contributed by atoms with Crippen LogP contribution in [0, 0.1) is 11.3 Å². The van der Waals surface area contributed by atoms with E-state index in [1.807, 2.05) is 0 Å². The molecule has 0 amide bonds. The molecule has 2 heterocycles. The third kappa shape index (κ3) is 3.12. The predicted octanol–water partition coefficient (Wildman–Crippen LogP) is 2.00. The van der Waals surface area contributed by atoms with Crippen molar-refractivity contribution in [2.45, 2.75) is 19.8 Å². The van der Waals surface area contributed by atoms with Gasteiger partial charge in [-0.3, -0.25) is 0 Å². The molecular weight excluding hydrogens is 260 g/mol. The zero-order valence-corrected chi connectivity index (χ0v) is 11.9. The topological polar surface area (TPSA) is 51.9 Å². The quantitative estimate of drug-likeness (QED) is 0.438. The number of rotatable bonds is 2. The first-order chi connectivity index (χ1) is 9.11. The molecule has 6 heteroatoms. The number of ether oxygens (including phenoxy) is 1. The Bertz CT molecular complexity index is 509. The number of thiocarbonyl (C=S) groups is 1. The maximum absolute atomic E-state index is 9.20. The van der Waals surface area contributed by atoms with E-state index in [-0.39, 0.29) is 0 Å². The van der Waals surface area contributed by atoms with Crippen molar-refractivity contribution in [3.8, 4) is 6.07 Å². The van der Waals surface area contributed by atoms with Gasteiger partial charge in [0.15, 0.2) is 0 Å². The van der Waals surface area contributed by atoms with Crippen molar-refractivity contribution in [3.05, 3.63) is 23.6 Å². The lowest BCUT2D eigenvalue weighted by Gasteiger charge is -2.17. The van der Waals surface area contributed by atoms with Crippen LogP contribution in [0.15, 0.2) is 28.7 Å². The van der Waals surface area contributed by atoms with Crippen LogP contribution < -0.4 is 0 Å². The lowest BCUT2D eigenvalue weighted by molar-refractivity contribution is 0.304. The van der Waals surface area contributed by atoms with Gasteiger partial charge in [0.1, 0.15) is 11.1 Å². The minimum Gasteiger partial charge on any atom is -0.424 e. The van der Waals surface area contributed by atoms with Gasteiger partial charge in [-0.1, -0.05) is 12.2 Å². The molecule has 5 nitrogen and oxygen atoms in total. The van der Waals surface area contributed by atoms with Gasteiger partial charge >= 0.3 is 0 Å². The van der Waals surface area contributed by atoms with E-state index in [2.05, 4.69) is 16.1 Å². The molecule has 0 radical (unpaired) electrons. The molecule has 2 aliphatic heterocycles. The van der Waals surface area contributed by atoms with E-state index in [4.69, 9.17) is 17.0 Å². The van der Waals surface area contributed by atoms with Crippen LogP contribution in [-0.4, -0.2) is 40.9 Å². The standard InChI is InChI=1S/C13H16N4OS/c1-10-15-16(2)12(18-10)6-5-11(9-14)13(19)17-7-3-4-8-17/h5-6H,3-4,7-8H2,1-2H3/b11-5-,12-6-. The third-order valence-electron chi connectivity index (χ3n) is 3.00. The molecule has 0 N–H and O–H groups in total. The molecule has 0 aliphatic carbocycles. The Hall–Kier alpha value is -1.87. The van der Waals surface area contributed by atoms with Gasteiger partial charge in [-0.05, 0) is 18.9 Å². The lowest BCUT2D eigenvalue weighted by atomic mass is 10.2. The highest BCUT2D eigenvalue weighted by Gasteiger charge is 2.18. The molecule has 0 bridgehead atoms. The van der Waals surface area contributed by atoms with Crippen molar-refractivity contribution in [1.29, 1.82) is 5.26 Å². The summed E-state index contributed by atoms with van der Waals surface area (Å²) in [7, 11) is 1.79. The van der Waals surface area contributed by atoms with Crippen LogP contribution in [-0.2, 0) is 4.74 Å². The first-order valence-electron chi connectivity index (χ1n) is 6.20.